The first kappa shape index (κ1) is 17.6. The smallest absolute Gasteiger partial charge is 0.449 e. The Kier molecular flexibility index (Phi) is 3.93. The zero-order valence-electron chi connectivity index (χ0n) is 12.2. The number of allylic oxidation sites excluding steroid dienone is 2. The Morgan fingerprint density at radius 1 is 1.29 bits per heavy atom. The summed E-state index contributed by atoms with van der Waals surface area (Å²) in [4.78, 5) is 12.0. The van der Waals surface area contributed by atoms with Gasteiger partial charge in [0.05, 0.1) is 5.92 Å². The van der Waals surface area contributed by atoms with Crippen molar-refractivity contribution >= 4 is 5.97 Å². The normalized spacial score (nSPS) is 43.4. The fourth-order valence-corrected chi connectivity index (χ4v) is 3.50. The van der Waals surface area contributed by atoms with E-state index in [9.17, 15) is 31.9 Å². The molecule has 5 nitrogen and oxygen atoms in total. The van der Waals surface area contributed by atoms with E-state index in [4.69, 9.17) is 9.84 Å². The zero-order chi connectivity index (χ0) is 17.9. The molecule has 2 fully saturated rings. The fraction of sp³-hybridized carbons (Fsp3) is 0.786. The van der Waals surface area contributed by atoms with E-state index in [1.807, 2.05) is 12.2 Å². The Labute approximate surface area is 133 Å². The fourth-order valence-electron chi connectivity index (χ4n) is 3.50. The number of ether oxygens (including phenoxy) is 2. The molecule has 6 atom stereocenters. The first-order valence-corrected chi connectivity index (χ1v) is 7.35. The first-order valence-electron chi connectivity index (χ1n) is 7.35. The minimum absolute atomic E-state index is 0.0366. The van der Waals surface area contributed by atoms with Gasteiger partial charge in [-0.05, 0) is 24.7 Å². The minimum Gasteiger partial charge on any atom is -0.463 e. The van der Waals surface area contributed by atoms with Crippen molar-refractivity contribution in [1.82, 2.24) is 0 Å². The van der Waals surface area contributed by atoms with E-state index < -0.39 is 48.6 Å². The molecule has 1 saturated heterocycles. The average Bonchev–Trinajstić information content (AvgIpc) is 3.14. The van der Waals surface area contributed by atoms with Crippen molar-refractivity contribution in [3.8, 4) is 0 Å². The molecule has 0 radical (unpaired) electrons. The van der Waals surface area contributed by atoms with Gasteiger partial charge in [0.1, 0.15) is 12.7 Å². The topological polar surface area (TPSA) is 76.0 Å². The molecule has 24 heavy (non-hydrogen) atoms. The highest BCUT2D eigenvalue weighted by Crippen LogP contribution is 2.51. The molecule has 6 unspecified atom stereocenters. The largest absolute Gasteiger partial charge is 0.463 e. The second kappa shape index (κ2) is 5.37. The second-order valence-electron chi connectivity index (χ2n) is 6.38. The number of carbonyl (C=O) groups excluding carboxylic acids is 1. The summed E-state index contributed by atoms with van der Waals surface area (Å²) in [5.74, 6) is -10.8. The predicted octanol–water partition coefficient (Wildman–Crippen LogP) is 1.39. The lowest BCUT2D eigenvalue weighted by molar-refractivity contribution is -0.409. The van der Waals surface area contributed by atoms with E-state index in [-0.39, 0.29) is 11.8 Å². The van der Waals surface area contributed by atoms with Crippen molar-refractivity contribution in [3.05, 3.63) is 12.2 Å². The van der Waals surface area contributed by atoms with Crippen LogP contribution in [-0.2, 0) is 14.3 Å². The van der Waals surface area contributed by atoms with Crippen molar-refractivity contribution < 1.29 is 46.4 Å². The van der Waals surface area contributed by atoms with Gasteiger partial charge in [-0.1, -0.05) is 12.2 Å². The summed E-state index contributed by atoms with van der Waals surface area (Å²) < 4.78 is 73.8. The lowest BCUT2D eigenvalue weighted by Crippen LogP contribution is -2.59. The number of hydrogen-bond donors (Lipinski definition) is 2. The molecule has 0 amide bonds. The second-order valence-corrected chi connectivity index (χ2v) is 6.38. The molecule has 0 aromatic heterocycles. The predicted molar refractivity (Wildman–Crippen MR) is 66.6 cm³/mol. The average molecular weight is 358 g/mol. The van der Waals surface area contributed by atoms with Gasteiger partial charge in [0.2, 0.25) is 0 Å². The summed E-state index contributed by atoms with van der Waals surface area (Å²) in [6.07, 6.45) is -5.88. The summed E-state index contributed by atoms with van der Waals surface area (Å²) in [6.45, 7) is -1.01. The van der Waals surface area contributed by atoms with Crippen molar-refractivity contribution in [3.63, 3.8) is 0 Å². The summed E-state index contributed by atoms with van der Waals surface area (Å²) in [6, 6.07) is 0. The molecular formula is C14H15F5O5. The molecular weight excluding hydrogens is 343 g/mol. The summed E-state index contributed by atoms with van der Waals surface area (Å²) in [5, 5.41) is 18.5. The third-order valence-electron chi connectivity index (χ3n) is 4.85. The van der Waals surface area contributed by atoms with Crippen molar-refractivity contribution in [1.29, 1.82) is 0 Å². The highest BCUT2D eigenvalue weighted by Gasteiger charge is 2.79. The molecule has 0 aromatic rings. The molecule has 3 aliphatic rings. The Morgan fingerprint density at radius 3 is 2.42 bits per heavy atom. The van der Waals surface area contributed by atoms with E-state index in [2.05, 4.69) is 4.74 Å². The Morgan fingerprint density at radius 2 is 1.96 bits per heavy atom. The maximum Gasteiger partial charge on any atom is 0.449 e. The zero-order valence-corrected chi connectivity index (χ0v) is 12.2. The Hall–Kier alpha value is -1.26. The van der Waals surface area contributed by atoms with Crippen molar-refractivity contribution in [2.75, 3.05) is 6.61 Å². The first-order chi connectivity index (χ1) is 11.0. The van der Waals surface area contributed by atoms with Crippen LogP contribution in [0.4, 0.5) is 22.0 Å². The van der Waals surface area contributed by atoms with Gasteiger partial charge in [0.15, 0.2) is 6.10 Å². The number of aliphatic hydroxyl groups is 2. The SMILES string of the molecule is O=C(OCC1OC(O)(C(F)(F)F)C(F)(F)C1O)C1CC2C=CC1C2. The highest BCUT2D eigenvalue weighted by atomic mass is 19.4. The molecule has 2 bridgehead atoms. The standard InChI is InChI=1S/C14H15F5O5/c15-12(16)10(20)9(24-13(12,22)14(17,18)19)5-23-11(21)8-4-6-1-2-7(8)3-6/h1-2,6-10,20,22H,3-5H2. The molecule has 1 aliphatic heterocycles. The molecule has 1 heterocycles. The number of halogens is 5. The molecule has 3 rings (SSSR count). The Bertz CT molecular complexity index is 562. The van der Waals surface area contributed by atoms with E-state index in [0.717, 1.165) is 6.42 Å². The van der Waals surface area contributed by atoms with Crippen LogP contribution < -0.4 is 0 Å². The van der Waals surface area contributed by atoms with Crippen LogP contribution in [-0.4, -0.2) is 52.9 Å². The molecule has 0 spiro atoms. The minimum atomic E-state index is -5.83. The van der Waals surface area contributed by atoms with Gasteiger partial charge < -0.3 is 19.7 Å². The Balaban J connectivity index is 1.64. The monoisotopic (exact) mass is 358 g/mol. The van der Waals surface area contributed by atoms with Gasteiger partial charge in [-0.2, -0.15) is 22.0 Å². The number of rotatable bonds is 3. The van der Waals surface area contributed by atoms with Crippen LogP contribution >= 0.6 is 0 Å². The van der Waals surface area contributed by atoms with Gasteiger partial charge in [-0.15, -0.1) is 0 Å². The lowest BCUT2D eigenvalue weighted by atomic mass is 9.94. The van der Waals surface area contributed by atoms with Crippen LogP contribution in [0.1, 0.15) is 12.8 Å². The van der Waals surface area contributed by atoms with Crippen LogP contribution in [0.5, 0.6) is 0 Å². The molecule has 0 aromatic carbocycles. The third-order valence-corrected chi connectivity index (χ3v) is 4.85. The van der Waals surface area contributed by atoms with E-state index in [1.165, 1.54) is 0 Å². The van der Waals surface area contributed by atoms with Gasteiger partial charge in [-0.25, -0.2) is 0 Å². The van der Waals surface area contributed by atoms with Gasteiger partial charge >= 0.3 is 23.9 Å². The molecule has 10 heteroatoms. The third kappa shape index (κ3) is 2.42. The molecule has 2 N–H and O–H groups in total. The van der Waals surface area contributed by atoms with Crippen LogP contribution in [0.25, 0.3) is 0 Å². The maximum atomic E-state index is 13.6. The quantitative estimate of drug-likeness (QED) is 0.453. The van der Waals surface area contributed by atoms with Crippen LogP contribution in [0.15, 0.2) is 12.2 Å². The number of carbonyl (C=O) groups is 1. The number of aliphatic hydroxyl groups excluding tert-OH is 1. The summed E-state index contributed by atoms with van der Waals surface area (Å²) in [7, 11) is 0. The molecule has 2 aliphatic carbocycles. The van der Waals surface area contributed by atoms with E-state index in [0.29, 0.717) is 6.42 Å². The summed E-state index contributed by atoms with van der Waals surface area (Å²) in [5.41, 5.74) is 0. The van der Waals surface area contributed by atoms with E-state index >= 15 is 0 Å². The van der Waals surface area contributed by atoms with Gasteiger partial charge in [0, 0.05) is 0 Å². The number of alkyl halides is 5. The summed E-state index contributed by atoms with van der Waals surface area (Å²) >= 11 is 0. The van der Waals surface area contributed by atoms with Crippen LogP contribution in [0.2, 0.25) is 0 Å². The van der Waals surface area contributed by atoms with Gasteiger partial charge in [0.25, 0.3) is 0 Å². The van der Waals surface area contributed by atoms with Crippen molar-refractivity contribution in [2.45, 2.75) is 42.9 Å². The van der Waals surface area contributed by atoms with Crippen molar-refractivity contribution in [2.24, 2.45) is 17.8 Å². The van der Waals surface area contributed by atoms with E-state index in [1.54, 1.807) is 0 Å². The van der Waals surface area contributed by atoms with Gasteiger partial charge in [-0.3, -0.25) is 4.79 Å². The van der Waals surface area contributed by atoms with Crippen LogP contribution in [0.3, 0.4) is 0 Å². The number of fused-ring (bicyclic) bond motifs is 2. The number of hydrogen-bond acceptors (Lipinski definition) is 5. The molecule has 136 valence electrons. The number of esters is 1. The highest BCUT2D eigenvalue weighted by molar-refractivity contribution is 5.74. The maximum absolute atomic E-state index is 13.6. The van der Waals surface area contributed by atoms with Crippen LogP contribution in [0, 0.1) is 17.8 Å². The lowest BCUT2D eigenvalue weighted by Gasteiger charge is -2.30. The molecule has 1 saturated carbocycles.